The van der Waals surface area contributed by atoms with Gasteiger partial charge in [0.15, 0.2) is 0 Å². The maximum atomic E-state index is 5.91. The van der Waals surface area contributed by atoms with Gasteiger partial charge in [-0.2, -0.15) is 0 Å². The lowest BCUT2D eigenvalue weighted by Gasteiger charge is -2.12. The molecule has 0 amide bonds. The van der Waals surface area contributed by atoms with Crippen molar-refractivity contribution in [3.8, 4) is 11.5 Å². The molecule has 0 aliphatic rings. The van der Waals surface area contributed by atoms with Crippen molar-refractivity contribution in [1.29, 1.82) is 0 Å². The molecule has 0 unspecified atom stereocenters. The highest BCUT2D eigenvalue weighted by molar-refractivity contribution is 9.10. The highest BCUT2D eigenvalue weighted by Gasteiger charge is 2.04. The van der Waals surface area contributed by atoms with Crippen LogP contribution < -0.4 is 20.5 Å². The van der Waals surface area contributed by atoms with Gasteiger partial charge in [-0.1, -0.05) is 6.92 Å². The first kappa shape index (κ1) is 15.5. The molecule has 0 aliphatic heterocycles. The number of halogens is 1. The highest BCUT2D eigenvalue weighted by Crippen LogP contribution is 2.31. The third kappa shape index (κ3) is 4.29. The van der Waals surface area contributed by atoms with Crippen molar-refractivity contribution < 1.29 is 9.47 Å². The molecule has 0 fully saturated rings. The van der Waals surface area contributed by atoms with Gasteiger partial charge in [0.05, 0.1) is 18.2 Å². The molecule has 21 heavy (non-hydrogen) atoms. The molecule has 2 rings (SSSR count). The highest BCUT2D eigenvalue weighted by atomic mass is 79.9. The van der Waals surface area contributed by atoms with Gasteiger partial charge in [0.25, 0.3) is 0 Å². The zero-order valence-corrected chi connectivity index (χ0v) is 13.7. The van der Waals surface area contributed by atoms with Gasteiger partial charge < -0.3 is 20.5 Å². The van der Waals surface area contributed by atoms with E-state index in [-0.39, 0.29) is 0 Å². The molecule has 5 heteroatoms. The number of anilines is 3. The van der Waals surface area contributed by atoms with E-state index in [1.165, 1.54) is 0 Å². The summed E-state index contributed by atoms with van der Waals surface area (Å²) >= 11 is 3.47. The summed E-state index contributed by atoms with van der Waals surface area (Å²) in [5.74, 6) is 1.56. The summed E-state index contributed by atoms with van der Waals surface area (Å²) in [4.78, 5) is 0. The van der Waals surface area contributed by atoms with Crippen LogP contribution in [-0.2, 0) is 0 Å². The van der Waals surface area contributed by atoms with Gasteiger partial charge in [0.1, 0.15) is 11.5 Å². The third-order valence-corrected chi connectivity index (χ3v) is 3.46. The molecule has 3 N–H and O–H groups in total. The lowest BCUT2D eigenvalue weighted by atomic mass is 10.2. The van der Waals surface area contributed by atoms with Crippen molar-refractivity contribution in [2.24, 2.45) is 0 Å². The molecule has 0 heterocycles. The van der Waals surface area contributed by atoms with Crippen LogP contribution in [0, 0.1) is 0 Å². The molecule has 0 saturated heterocycles. The van der Waals surface area contributed by atoms with Crippen LogP contribution in [-0.4, -0.2) is 13.7 Å². The Morgan fingerprint density at radius 2 is 1.95 bits per heavy atom. The van der Waals surface area contributed by atoms with Crippen LogP contribution >= 0.6 is 15.9 Å². The second-order valence-electron chi connectivity index (χ2n) is 4.61. The molecule has 0 spiro atoms. The predicted octanol–water partition coefficient (Wildman–Crippen LogP) is 4.57. The van der Waals surface area contributed by atoms with Gasteiger partial charge in [-0.15, -0.1) is 0 Å². The van der Waals surface area contributed by atoms with Crippen molar-refractivity contribution in [3.05, 3.63) is 40.9 Å². The standard InChI is InChI=1S/C16H19BrN2O2/c1-3-6-21-14-8-11(18)7-13(9-14)19-12-4-5-16(20-2)15(17)10-12/h4-5,7-10,19H,3,6,18H2,1-2H3. The van der Waals surface area contributed by atoms with Crippen LogP contribution in [0.3, 0.4) is 0 Å². The SMILES string of the molecule is CCCOc1cc(N)cc(Nc2ccc(OC)c(Br)c2)c1. The first-order valence-corrected chi connectivity index (χ1v) is 7.55. The number of hydrogen-bond acceptors (Lipinski definition) is 4. The molecular formula is C16H19BrN2O2. The van der Waals surface area contributed by atoms with E-state index in [9.17, 15) is 0 Å². The zero-order valence-electron chi connectivity index (χ0n) is 12.2. The van der Waals surface area contributed by atoms with Crippen molar-refractivity contribution in [2.75, 3.05) is 24.8 Å². The Labute approximate surface area is 133 Å². The maximum absolute atomic E-state index is 5.91. The Morgan fingerprint density at radius 3 is 2.62 bits per heavy atom. The Balaban J connectivity index is 2.18. The maximum Gasteiger partial charge on any atom is 0.133 e. The van der Waals surface area contributed by atoms with Gasteiger partial charge in [-0.25, -0.2) is 0 Å². The number of nitrogens with two attached hydrogens (primary N) is 1. The van der Waals surface area contributed by atoms with Crippen LogP contribution in [0.1, 0.15) is 13.3 Å². The van der Waals surface area contributed by atoms with Crippen LogP contribution in [0.5, 0.6) is 11.5 Å². The number of methoxy groups -OCH3 is 1. The number of hydrogen-bond donors (Lipinski definition) is 2. The minimum absolute atomic E-state index is 0.665. The third-order valence-electron chi connectivity index (χ3n) is 2.84. The van der Waals surface area contributed by atoms with Crippen molar-refractivity contribution in [3.63, 3.8) is 0 Å². The van der Waals surface area contributed by atoms with Crippen LogP contribution in [0.15, 0.2) is 40.9 Å². The van der Waals surface area contributed by atoms with E-state index in [0.717, 1.165) is 33.8 Å². The largest absolute Gasteiger partial charge is 0.496 e. The van der Waals surface area contributed by atoms with Crippen LogP contribution in [0.4, 0.5) is 17.1 Å². The topological polar surface area (TPSA) is 56.5 Å². The summed E-state index contributed by atoms with van der Waals surface area (Å²) in [5.41, 5.74) is 8.40. The van der Waals surface area contributed by atoms with E-state index in [2.05, 4.69) is 28.2 Å². The molecule has 0 aliphatic carbocycles. The summed E-state index contributed by atoms with van der Waals surface area (Å²) < 4.78 is 11.7. The smallest absolute Gasteiger partial charge is 0.133 e. The number of nitrogen functional groups attached to an aromatic ring is 1. The quantitative estimate of drug-likeness (QED) is 0.749. The monoisotopic (exact) mass is 350 g/mol. The summed E-state index contributed by atoms with van der Waals surface area (Å²) in [5, 5.41) is 3.31. The number of ether oxygens (including phenoxy) is 2. The van der Waals surface area contributed by atoms with E-state index in [0.29, 0.717) is 12.3 Å². The van der Waals surface area contributed by atoms with Crippen LogP contribution in [0.25, 0.3) is 0 Å². The molecule has 2 aromatic carbocycles. The predicted molar refractivity (Wildman–Crippen MR) is 90.6 cm³/mol. The van der Waals surface area contributed by atoms with Gasteiger partial charge >= 0.3 is 0 Å². The molecule has 0 aromatic heterocycles. The molecule has 0 saturated carbocycles. The zero-order chi connectivity index (χ0) is 15.2. The normalized spacial score (nSPS) is 10.2. The molecule has 0 bridgehead atoms. The Morgan fingerprint density at radius 1 is 1.14 bits per heavy atom. The van der Waals surface area contributed by atoms with Crippen molar-refractivity contribution in [2.45, 2.75) is 13.3 Å². The van der Waals surface area contributed by atoms with Gasteiger partial charge in [-0.05, 0) is 46.6 Å². The van der Waals surface area contributed by atoms with Gasteiger partial charge in [-0.3, -0.25) is 0 Å². The average molecular weight is 351 g/mol. The number of benzene rings is 2. The van der Waals surface area contributed by atoms with Crippen molar-refractivity contribution >= 4 is 33.0 Å². The molecule has 2 aromatic rings. The Kier molecular flexibility index (Phi) is 5.33. The minimum Gasteiger partial charge on any atom is -0.496 e. The van der Waals surface area contributed by atoms with E-state index >= 15 is 0 Å². The summed E-state index contributed by atoms with van der Waals surface area (Å²) in [7, 11) is 1.64. The molecule has 112 valence electrons. The fourth-order valence-electron chi connectivity index (χ4n) is 1.91. The summed E-state index contributed by atoms with van der Waals surface area (Å²) in [6, 6.07) is 11.4. The molecule has 0 atom stereocenters. The summed E-state index contributed by atoms with van der Waals surface area (Å²) in [6.07, 6.45) is 0.961. The van der Waals surface area contributed by atoms with E-state index in [1.807, 2.05) is 36.4 Å². The average Bonchev–Trinajstić information content (AvgIpc) is 2.45. The lowest BCUT2D eigenvalue weighted by Crippen LogP contribution is -1.98. The van der Waals surface area contributed by atoms with E-state index in [4.69, 9.17) is 15.2 Å². The van der Waals surface area contributed by atoms with E-state index in [1.54, 1.807) is 7.11 Å². The molecular weight excluding hydrogens is 332 g/mol. The lowest BCUT2D eigenvalue weighted by molar-refractivity contribution is 0.318. The van der Waals surface area contributed by atoms with Gasteiger partial charge in [0.2, 0.25) is 0 Å². The molecule has 4 nitrogen and oxygen atoms in total. The number of nitrogens with one attached hydrogen (secondary N) is 1. The van der Waals surface area contributed by atoms with E-state index < -0.39 is 0 Å². The number of rotatable bonds is 6. The first-order valence-electron chi connectivity index (χ1n) is 6.76. The Bertz CT molecular complexity index is 617. The summed E-state index contributed by atoms with van der Waals surface area (Å²) in [6.45, 7) is 2.75. The first-order chi connectivity index (χ1) is 10.1. The Hall–Kier alpha value is -1.88. The second kappa shape index (κ2) is 7.22. The van der Waals surface area contributed by atoms with Gasteiger partial charge in [0, 0.05) is 29.2 Å². The van der Waals surface area contributed by atoms with Crippen LogP contribution in [0.2, 0.25) is 0 Å². The fourth-order valence-corrected chi connectivity index (χ4v) is 2.45. The second-order valence-corrected chi connectivity index (χ2v) is 5.47. The fraction of sp³-hybridized carbons (Fsp3) is 0.250. The molecule has 0 radical (unpaired) electrons. The van der Waals surface area contributed by atoms with Crippen molar-refractivity contribution in [1.82, 2.24) is 0 Å². The minimum atomic E-state index is 0.665.